The van der Waals surface area contributed by atoms with Gasteiger partial charge in [-0.05, 0) is 62.4 Å². The number of hydrogen-bond donors (Lipinski definition) is 3. The third kappa shape index (κ3) is 4.46. The van der Waals surface area contributed by atoms with Crippen LogP contribution in [0.1, 0.15) is 48.7 Å². The van der Waals surface area contributed by atoms with Crippen LogP contribution in [0, 0.1) is 0 Å². The van der Waals surface area contributed by atoms with Crippen LogP contribution >= 0.6 is 0 Å². The molecule has 1 amide bonds. The van der Waals surface area contributed by atoms with Crippen molar-refractivity contribution in [2.45, 2.75) is 51.2 Å². The number of hydrogen-bond acceptors (Lipinski definition) is 3. The van der Waals surface area contributed by atoms with Crippen LogP contribution in [0.2, 0.25) is 0 Å². The minimum atomic E-state index is 0.0855. The SMILES string of the molecule is CCN(C(=O)c1cc2ccccc2[nH]1)C1CCCC(NCc2cccc(O)c2)C1. The second-order valence-corrected chi connectivity index (χ2v) is 7.93. The number of para-hydroxylation sites is 1. The lowest BCUT2D eigenvalue weighted by Gasteiger charge is -2.37. The van der Waals surface area contributed by atoms with Crippen molar-refractivity contribution in [1.29, 1.82) is 0 Å². The van der Waals surface area contributed by atoms with Gasteiger partial charge in [0, 0.05) is 36.1 Å². The summed E-state index contributed by atoms with van der Waals surface area (Å²) in [5.41, 5.74) is 2.75. The Hall–Kier alpha value is -2.79. The number of benzene rings is 2. The number of carbonyl (C=O) groups is 1. The summed E-state index contributed by atoms with van der Waals surface area (Å²) in [5.74, 6) is 0.384. The van der Waals surface area contributed by atoms with Crippen molar-refractivity contribution in [2.24, 2.45) is 0 Å². The van der Waals surface area contributed by atoms with Gasteiger partial charge in [0.05, 0.1) is 0 Å². The highest BCUT2D eigenvalue weighted by atomic mass is 16.3. The molecule has 4 rings (SSSR count). The molecule has 1 saturated carbocycles. The zero-order valence-corrected chi connectivity index (χ0v) is 16.9. The van der Waals surface area contributed by atoms with E-state index in [2.05, 4.69) is 17.2 Å². The Labute approximate surface area is 171 Å². The number of aromatic nitrogens is 1. The van der Waals surface area contributed by atoms with Crippen molar-refractivity contribution in [2.75, 3.05) is 6.54 Å². The fourth-order valence-corrected chi connectivity index (χ4v) is 4.47. The monoisotopic (exact) mass is 391 g/mol. The summed E-state index contributed by atoms with van der Waals surface area (Å²) in [6, 6.07) is 18.0. The smallest absolute Gasteiger partial charge is 0.270 e. The van der Waals surface area contributed by atoms with Gasteiger partial charge in [0.1, 0.15) is 11.4 Å². The van der Waals surface area contributed by atoms with Crippen LogP contribution in [0.3, 0.4) is 0 Å². The summed E-state index contributed by atoms with van der Waals surface area (Å²) < 4.78 is 0. The molecule has 0 saturated heterocycles. The largest absolute Gasteiger partial charge is 0.508 e. The molecule has 2 atom stereocenters. The Bertz CT molecular complexity index is 948. The summed E-state index contributed by atoms with van der Waals surface area (Å²) >= 11 is 0. The van der Waals surface area contributed by atoms with E-state index in [1.165, 1.54) is 0 Å². The summed E-state index contributed by atoms with van der Waals surface area (Å²) in [7, 11) is 0. The molecule has 1 heterocycles. The van der Waals surface area contributed by atoms with Gasteiger partial charge >= 0.3 is 0 Å². The number of rotatable bonds is 6. The van der Waals surface area contributed by atoms with Crippen molar-refractivity contribution in [3.05, 3.63) is 65.9 Å². The quantitative estimate of drug-likeness (QED) is 0.582. The van der Waals surface area contributed by atoms with Crippen LogP contribution in [0.15, 0.2) is 54.6 Å². The molecule has 3 aromatic rings. The molecule has 3 N–H and O–H groups in total. The molecule has 2 aromatic carbocycles. The third-order valence-corrected chi connectivity index (χ3v) is 5.95. The Morgan fingerprint density at radius 3 is 2.83 bits per heavy atom. The maximum absolute atomic E-state index is 13.2. The third-order valence-electron chi connectivity index (χ3n) is 5.95. The molecule has 5 nitrogen and oxygen atoms in total. The van der Waals surface area contributed by atoms with Crippen LogP contribution in [0.25, 0.3) is 10.9 Å². The fourth-order valence-electron chi connectivity index (χ4n) is 4.47. The summed E-state index contributed by atoms with van der Waals surface area (Å²) in [4.78, 5) is 18.5. The fraction of sp³-hybridized carbons (Fsp3) is 0.375. The maximum Gasteiger partial charge on any atom is 0.270 e. The molecule has 1 aliphatic rings. The van der Waals surface area contributed by atoms with E-state index in [-0.39, 0.29) is 11.9 Å². The van der Waals surface area contributed by atoms with Gasteiger partial charge in [-0.15, -0.1) is 0 Å². The van der Waals surface area contributed by atoms with E-state index in [4.69, 9.17) is 0 Å². The molecule has 1 aromatic heterocycles. The lowest BCUT2D eigenvalue weighted by Crippen LogP contribution is -2.46. The Kier molecular flexibility index (Phi) is 5.86. The molecule has 0 spiro atoms. The molecule has 1 aliphatic carbocycles. The zero-order valence-electron chi connectivity index (χ0n) is 16.9. The van der Waals surface area contributed by atoms with Gasteiger partial charge < -0.3 is 20.3 Å². The predicted octanol–water partition coefficient (Wildman–Crippen LogP) is 4.44. The molecule has 5 heteroatoms. The first-order chi connectivity index (χ1) is 14.1. The van der Waals surface area contributed by atoms with Crippen molar-refractivity contribution < 1.29 is 9.90 Å². The van der Waals surface area contributed by atoms with E-state index < -0.39 is 0 Å². The molecule has 29 heavy (non-hydrogen) atoms. The standard InChI is InChI=1S/C24H29N3O2/c1-2-27(24(29)23-14-18-8-3-4-12-22(18)26-23)20-10-6-9-19(15-20)25-16-17-7-5-11-21(28)13-17/h3-5,7-8,11-14,19-20,25-26,28H,2,6,9-10,15-16H2,1H3. The van der Waals surface area contributed by atoms with Crippen molar-refractivity contribution in [3.8, 4) is 5.75 Å². The number of nitrogens with zero attached hydrogens (tertiary/aromatic N) is 1. The van der Waals surface area contributed by atoms with E-state index in [1.54, 1.807) is 12.1 Å². The molecule has 0 aliphatic heterocycles. The van der Waals surface area contributed by atoms with E-state index in [0.717, 1.165) is 48.7 Å². The van der Waals surface area contributed by atoms with Gasteiger partial charge in [-0.1, -0.05) is 30.3 Å². The minimum Gasteiger partial charge on any atom is -0.508 e. The molecule has 0 bridgehead atoms. The molecule has 1 fully saturated rings. The maximum atomic E-state index is 13.2. The van der Waals surface area contributed by atoms with Crippen LogP contribution in [0.5, 0.6) is 5.75 Å². The van der Waals surface area contributed by atoms with E-state index >= 15 is 0 Å². The van der Waals surface area contributed by atoms with Gasteiger partial charge in [-0.3, -0.25) is 4.79 Å². The van der Waals surface area contributed by atoms with Crippen molar-refractivity contribution >= 4 is 16.8 Å². The Morgan fingerprint density at radius 1 is 1.17 bits per heavy atom. The Morgan fingerprint density at radius 2 is 2.03 bits per heavy atom. The summed E-state index contributed by atoms with van der Waals surface area (Å²) in [5, 5.41) is 14.3. The second kappa shape index (κ2) is 8.70. The number of fused-ring (bicyclic) bond motifs is 1. The van der Waals surface area contributed by atoms with Gasteiger partial charge in [-0.25, -0.2) is 0 Å². The lowest BCUT2D eigenvalue weighted by molar-refractivity contribution is 0.0623. The average molecular weight is 392 g/mol. The lowest BCUT2D eigenvalue weighted by atomic mass is 9.89. The van der Waals surface area contributed by atoms with E-state index in [1.807, 2.05) is 47.4 Å². The highest BCUT2D eigenvalue weighted by molar-refractivity contribution is 5.98. The number of aromatic hydroxyl groups is 1. The number of H-pyrrole nitrogens is 1. The molecule has 0 radical (unpaired) electrons. The van der Waals surface area contributed by atoms with Crippen LogP contribution in [0.4, 0.5) is 0 Å². The first-order valence-corrected chi connectivity index (χ1v) is 10.5. The van der Waals surface area contributed by atoms with Gasteiger partial charge in [0.25, 0.3) is 5.91 Å². The number of phenolic OH excluding ortho intramolecular Hbond substituents is 1. The number of carbonyl (C=O) groups excluding carboxylic acids is 1. The van der Waals surface area contributed by atoms with E-state index in [9.17, 15) is 9.90 Å². The predicted molar refractivity (Wildman–Crippen MR) is 116 cm³/mol. The van der Waals surface area contributed by atoms with E-state index in [0.29, 0.717) is 24.0 Å². The number of amides is 1. The number of aromatic amines is 1. The first-order valence-electron chi connectivity index (χ1n) is 10.5. The zero-order chi connectivity index (χ0) is 20.2. The van der Waals surface area contributed by atoms with Gasteiger partial charge in [0.15, 0.2) is 0 Å². The highest BCUT2D eigenvalue weighted by Crippen LogP contribution is 2.26. The summed E-state index contributed by atoms with van der Waals surface area (Å²) in [6.07, 6.45) is 4.23. The van der Waals surface area contributed by atoms with Gasteiger partial charge in [-0.2, -0.15) is 0 Å². The van der Waals surface area contributed by atoms with Crippen LogP contribution in [-0.4, -0.2) is 39.5 Å². The molecule has 152 valence electrons. The average Bonchev–Trinajstić information content (AvgIpc) is 3.17. The van der Waals surface area contributed by atoms with Gasteiger partial charge in [0.2, 0.25) is 0 Å². The van der Waals surface area contributed by atoms with Crippen LogP contribution < -0.4 is 5.32 Å². The minimum absolute atomic E-state index is 0.0855. The van der Waals surface area contributed by atoms with Crippen molar-refractivity contribution in [1.82, 2.24) is 15.2 Å². The topological polar surface area (TPSA) is 68.4 Å². The Balaban J connectivity index is 1.42. The van der Waals surface area contributed by atoms with Crippen LogP contribution in [-0.2, 0) is 6.54 Å². The summed E-state index contributed by atoms with van der Waals surface area (Å²) in [6.45, 7) is 3.50. The first kappa shape index (κ1) is 19.5. The normalized spacial score (nSPS) is 19.3. The molecular weight excluding hydrogens is 362 g/mol. The second-order valence-electron chi connectivity index (χ2n) is 7.93. The molecular formula is C24H29N3O2. The van der Waals surface area contributed by atoms with Crippen molar-refractivity contribution in [3.63, 3.8) is 0 Å². The number of nitrogens with one attached hydrogen (secondary N) is 2. The highest BCUT2D eigenvalue weighted by Gasteiger charge is 2.29. The molecule has 2 unspecified atom stereocenters. The number of phenols is 1.